The highest BCUT2D eigenvalue weighted by Gasteiger charge is 2.19. The number of amides is 1. The topological polar surface area (TPSA) is 20.3 Å². The first kappa shape index (κ1) is 14.8. The van der Waals surface area contributed by atoms with Gasteiger partial charge < -0.3 is 0 Å². The van der Waals surface area contributed by atoms with E-state index in [9.17, 15) is 9.28 Å². The number of carbonyl (C=O) groups excluding carboxylic acids is 1. The Labute approximate surface area is 136 Å². The van der Waals surface area contributed by atoms with Gasteiger partial charge in [-0.25, -0.2) is 0 Å². The van der Waals surface area contributed by atoms with Gasteiger partial charge in [0.1, 0.15) is 5.00 Å². The molecule has 0 unspecified atom stereocenters. The van der Waals surface area contributed by atoms with Crippen LogP contribution in [0.4, 0.5) is 9.48 Å². The predicted molar refractivity (Wildman–Crippen MR) is 89.1 cm³/mol. The molecule has 2 aromatic carbocycles. The minimum Gasteiger partial charge on any atom is -0.266 e. The third-order valence-electron chi connectivity index (χ3n) is 3.16. The molecule has 110 valence electrons. The van der Waals surface area contributed by atoms with Crippen LogP contribution in [0.25, 0.3) is 11.1 Å². The van der Waals surface area contributed by atoms with Crippen molar-refractivity contribution >= 4 is 33.8 Å². The smallest absolute Gasteiger partial charge is 0.266 e. The van der Waals surface area contributed by atoms with Gasteiger partial charge in [-0.05, 0) is 41.5 Å². The summed E-state index contributed by atoms with van der Waals surface area (Å²) in [6, 6.07) is 17.3. The Morgan fingerprint density at radius 1 is 1.00 bits per heavy atom. The molecular weight excluding hydrogens is 321 g/mol. The van der Waals surface area contributed by atoms with E-state index in [-0.39, 0.29) is 10.1 Å². The Morgan fingerprint density at radius 3 is 2.36 bits per heavy atom. The van der Waals surface area contributed by atoms with Gasteiger partial charge in [0, 0.05) is 16.0 Å². The quantitative estimate of drug-likeness (QED) is 0.572. The van der Waals surface area contributed by atoms with Crippen LogP contribution in [-0.2, 0) is 0 Å². The summed E-state index contributed by atoms with van der Waals surface area (Å²) in [7, 11) is 0. The molecular formula is C17H11ClFNOS. The van der Waals surface area contributed by atoms with E-state index in [2.05, 4.69) is 0 Å². The molecule has 0 saturated carbocycles. The maximum absolute atomic E-state index is 14.3. The summed E-state index contributed by atoms with van der Waals surface area (Å²) in [5.74, 6) is -0.676. The van der Waals surface area contributed by atoms with Crippen molar-refractivity contribution in [3.05, 3.63) is 76.6 Å². The highest BCUT2D eigenvalue weighted by atomic mass is 35.5. The van der Waals surface area contributed by atoms with E-state index < -0.39 is 5.91 Å². The number of benzene rings is 2. The van der Waals surface area contributed by atoms with Crippen molar-refractivity contribution in [3.63, 3.8) is 0 Å². The molecule has 0 atom stereocenters. The van der Waals surface area contributed by atoms with E-state index in [0.717, 1.165) is 11.1 Å². The molecule has 0 spiro atoms. The molecule has 22 heavy (non-hydrogen) atoms. The van der Waals surface area contributed by atoms with Crippen LogP contribution in [0.1, 0.15) is 10.4 Å². The van der Waals surface area contributed by atoms with Crippen LogP contribution in [0.15, 0.2) is 66.0 Å². The number of carbonyl (C=O) groups is 1. The van der Waals surface area contributed by atoms with E-state index in [1.165, 1.54) is 11.3 Å². The van der Waals surface area contributed by atoms with Gasteiger partial charge in [0.15, 0.2) is 0 Å². The Hall–Kier alpha value is -2.17. The van der Waals surface area contributed by atoms with Crippen LogP contribution in [-0.4, -0.2) is 5.91 Å². The third kappa shape index (κ3) is 3.03. The molecule has 0 radical (unpaired) electrons. The van der Waals surface area contributed by atoms with E-state index in [1.807, 2.05) is 17.5 Å². The molecule has 5 heteroatoms. The van der Waals surface area contributed by atoms with Crippen molar-refractivity contribution in [2.24, 2.45) is 0 Å². The average Bonchev–Trinajstić information content (AvgIpc) is 3.05. The molecule has 0 aliphatic rings. The number of halogens is 2. The Kier molecular flexibility index (Phi) is 4.22. The minimum atomic E-state index is -0.676. The molecule has 0 N–H and O–H groups in total. The lowest BCUT2D eigenvalue weighted by atomic mass is 10.1. The zero-order valence-corrected chi connectivity index (χ0v) is 12.9. The van der Waals surface area contributed by atoms with Crippen LogP contribution in [0.3, 0.4) is 0 Å². The van der Waals surface area contributed by atoms with Crippen LogP contribution in [0.5, 0.6) is 0 Å². The lowest BCUT2D eigenvalue weighted by Gasteiger charge is -2.09. The maximum atomic E-state index is 14.3. The van der Waals surface area contributed by atoms with Gasteiger partial charge in [-0.3, -0.25) is 4.79 Å². The maximum Gasteiger partial charge on any atom is 0.287 e. The first-order valence-corrected chi connectivity index (χ1v) is 7.80. The van der Waals surface area contributed by atoms with Crippen molar-refractivity contribution in [2.45, 2.75) is 0 Å². The van der Waals surface area contributed by atoms with Crippen molar-refractivity contribution in [1.82, 2.24) is 0 Å². The number of nitrogens with zero attached hydrogens (tertiary/aromatic N) is 1. The monoisotopic (exact) mass is 331 g/mol. The molecule has 3 rings (SSSR count). The molecule has 0 fully saturated rings. The summed E-state index contributed by atoms with van der Waals surface area (Å²) in [6.07, 6.45) is 0. The molecule has 3 aromatic rings. The summed E-state index contributed by atoms with van der Waals surface area (Å²) in [5, 5.41) is 2.88. The second-order valence-electron chi connectivity index (χ2n) is 4.63. The van der Waals surface area contributed by atoms with Gasteiger partial charge in [-0.1, -0.05) is 46.4 Å². The molecule has 2 nitrogen and oxygen atoms in total. The molecule has 1 amide bonds. The fraction of sp³-hybridized carbons (Fsp3) is 0. The van der Waals surface area contributed by atoms with E-state index in [4.69, 9.17) is 11.6 Å². The number of anilines is 1. The predicted octanol–water partition coefficient (Wildman–Crippen LogP) is 5.60. The number of thiophene rings is 1. The summed E-state index contributed by atoms with van der Waals surface area (Å²) < 4.78 is 14.3. The first-order valence-electron chi connectivity index (χ1n) is 6.55. The molecule has 1 heterocycles. The van der Waals surface area contributed by atoms with Crippen molar-refractivity contribution in [3.8, 4) is 11.1 Å². The normalized spacial score (nSPS) is 10.5. The van der Waals surface area contributed by atoms with Crippen molar-refractivity contribution in [1.29, 1.82) is 0 Å². The van der Waals surface area contributed by atoms with Crippen LogP contribution >= 0.6 is 22.9 Å². The van der Waals surface area contributed by atoms with Gasteiger partial charge in [0.2, 0.25) is 0 Å². The minimum absolute atomic E-state index is 0.180. The van der Waals surface area contributed by atoms with Crippen LogP contribution in [0, 0.1) is 0 Å². The second kappa shape index (κ2) is 6.30. The molecule has 0 aliphatic carbocycles. The lowest BCUT2D eigenvalue weighted by Crippen LogP contribution is -2.20. The largest absolute Gasteiger partial charge is 0.287 e. The van der Waals surface area contributed by atoms with Crippen molar-refractivity contribution < 1.29 is 9.28 Å². The summed E-state index contributed by atoms with van der Waals surface area (Å²) in [4.78, 5) is 12.1. The number of hydrogen-bond donors (Lipinski definition) is 0. The second-order valence-corrected chi connectivity index (χ2v) is 5.96. The summed E-state index contributed by atoms with van der Waals surface area (Å²) in [5.41, 5.74) is 2.08. The zero-order valence-electron chi connectivity index (χ0n) is 11.4. The van der Waals surface area contributed by atoms with E-state index >= 15 is 0 Å². The third-order valence-corrected chi connectivity index (χ3v) is 4.30. The average molecular weight is 332 g/mol. The Morgan fingerprint density at radius 2 is 1.68 bits per heavy atom. The van der Waals surface area contributed by atoms with E-state index in [0.29, 0.717) is 10.6 Å². The molecule has 0 saturated heterocycles. The van der Waals surface area contributed by atoms with Gasteiger partial charge >= 0.3 is 0 Å². The fourth-order valence-corrected chi connectivity index (χ4v) is 2.96. The Bertz CT molecular complexity index is 786. The molecule has 1 aromatic heterocycles. The highest BCUT2D eigenvalue weighted by molar-refractivity contribution is 7.14. The fourth-order valence-electron chi connectivity index (χ4n) is 2.02. The number of hydrogen-bond acceptors (Lipinski definition) is 2. The highest BCUT2D eigenvalue weighted by Crippen LogP contribution is 2.33. The van der Waals surface area contributed by atoms with E-state index in [1.54, 1.807) is 48.5 Å². The summed E-state index contributed by atoms with van der Waals surface area (Å²) >= 11 is 7.03. The van der Waals surface area contributed by atoms with Gasteiger partial charge in [-0.15, -0.1) is 16.5 Å². The standard InChI is InChI=1S/C17H11ClFNOS/c18-15-8-6-12(7-9-15)14-10-16(22-11-14)20(19)17(21)13-4-2-1-3-5-13/h1-11H. The first-order chi connectivity index (χ1) is 10.6. The van der Waals surface area contributed by atoms with Gasteiger partial charge in [0.05, 0.1) is 0 Å². The van der Waals surface area contributed by atoms with Crippen LogP contribution < -0.4 is 5.12 Å². The van der Waals surface area contributed by atoms with Gasteiger partial charge in [0.25, 0.3) is 5.91 Å². The summed E-state index contributed by atoms with van der Waals surface area (Å²) in [6.45, 7) is 0. The lowest BCUT2D eigenvalue weighted by molar-refractivity contribution is 0.0933. The SMILES string of the molecule is O=C(c1ccccc1)N(F)c1cc(-c2ccc(Cl)cc2)cs1. The zero-order chi connectivity index (χ0) is 15.5. The van der Waals surface area contributed by atoms with Crippen LogP contribution in [0.2, 0.25) is 5.02 Å². The Balaban J connectivity index is 1.84. The van der Waals surface area contributed by atoms with Crippen molar-refractivity contribution in [2.75, 3.05) is 5.12 Å². The molecule has 0 aliphatic heterocycles. The van der Waals surface area contributed by atoms with Gasteiger partial charge in [-0.2, -0.15) is 0 Å². The molecule has 0 bridgehead atoms. The number of rotatable bonds is 3.